The molecule has 28 heavy (non-hydrogen) atoms. The number of halogens is 3. The quantitative estimate of drug-likeness (QED) is 0.817. The van der Waals surface area contributed by atoms with Gasteiger partial charge in [-0.25, -0.2) is 8.42 Å². The summed E-state index contributed by atoms with van der Waals surface area (Å²) in [5.74, 6) is -1.80. The molecule has 1 saturated heterocycles. The van der Waals surface area contributed by atoms with Crippen LogP contribution in [0.3, 0.4) is 0 Å². The van der Waals surface area contributed by atoms with Crippen LogP contribution >= 0.6 is 0 Å². The Morgan fingerprint density at radius 1 is 1.11 bits per heavy atom. The normalized spacial score (nSPS) is 27.1. The number of rotatable bonds is 4. The Labute approximate surface area is 163 Å². The summed E-state index contributed by atoms with van der Waals surface area (Å²) in [6.45, 7) is 0.455. The highest BCUT2D eigenvalue weighted by molar-refractivity contribution is 7.91. The van der Waals surface area contributed by atoms with Crippen LogP contribution in [0.1, 0.15) is 37.3 Å². The molecule has 1 aromatic carbocycles. The molecule has 2 aliphatic rings. The van der Waals surface area contributed by atoms with Gasteiger partial charge in [0.25, 0.3) is 0 Å². The van der Waals surface area contributed by atoms with Crippen molar-refractivity contribution < 1.29 is 26.4 Å². The van der Waals surface area contributed by atoms with Gasteiger partial charge in [0.1, 0.15) is 6.04 Å². The highest BCUT2D eigenvalue weighted by atomic mass is 32.2. The predicted octanol–water partition coefficient (Wildman–Crippen LogP) is 2.70. The average Bonchev–Trinajstić information content (AvgIpc) is 2.64. The van der Waals surface area contributed by atoms with Gasteiger partial charge in [0, 0.05) is 19.1 Å². The fourth-order valence-electron chi connectivity index (χ4n) is 4.05. The van der Waals surface area contributed by atoms with E-state index in [9.17, 15) is 26.4 Å². The van der Waals surface area contributed by atoms with E-state index in [1.54, 1.807) is 29.2 Å². The van der Waals surface area contributed by atoms with Crippen molar-refractivity contribution in [3.05, 3.63) is 35.9 Å². The molecule has 156 valence electrons. The zero-order valence-electron chi connectivity index (χ0n) is 15.5. The molecule has 0 spiro atoms. The highest BCUT2D eigenvalue weighted by Crippen LogP contribution is 2.37. The summed E-state index contributed by atoms with van der Waals surface area (Å²) in [5.41, 5.74) is 0.711. The van der Waals surface area contributed by atoms with Crippen molar-refractivity contribution in [1.29, 1.82) is 0 Å². The van der Waals surface area contributed by atoms with E-state index in [0.29, 0.717) is 18.4 Å². The second kappa shape index (κ2) is 8.41. The Hall–Kier alpha value is -1.61. The molecule has 3 atom stereocenters. The van der Waals surface area contributed by atoms with Gasteiger partial charge in [0.15, 0.2) is 9.84 Å². The monoisotopic (exact) mass is 418 g/mol. The third-order valence-corrected chi connectivity index (χ3v) is 7.20. The van der Waals surface area contributed by atoms with Gasteiger partial charge in [-0.05, 0) is 24.8 Å². The molecule has 1 saturated carbocycles. The van der Waals surface area contributed by atoms with E-state index in [-0.39, 0.29) is 43.3 Å². The molecule has 1 amide bonds. The maximum atomic E-state index is 13.1. The summed E-state index contributed by atoms with van der Waals surface area (Å²) in [7, 11) is -3.11. The molecule has 5 nitrogen and oxygen atoms in total. The van der Waals surface area contributed by atoms with Crippen molar-refractivity contribution >= 4 is 15.7 Å². The van der Waals surface area contributed by atoms with E-state index < -0.39 is 34.0 Å². The zero-order chi connectivity index (χ0) is 20.4. The number of carbonyl (C=O) groups excluding carboxylic acids is 1. The molecule has 1 aliphatic heterocycles. The minimum absolute atomic E-state index is 0.0246. The fourth-order valence-corrected chi connectivity index (χ4v) is 5.28. The number of hydrogen-bond acceptors (Lipinski definition) is 4. The summed E-state index contributed by atoms with van der Waals surface area (Å²) in [6, 6.07) is 7.73. The lowest BCUT2D eigenvalue weighted by molar-refractivity contribution is -0.184. The van der Waals surface area contributed by atoms with Gasteiger partial charge in [-0.15, -0.1) is 0 Å². The lowest BCUT2D eigenvalue weighted by Crippen LogP contribution is -2.50. The number of hydrogen-bond donors (Lipinski definition) is 1. The van der Waals surface area contributed by atoms with Crippen molar-refractivity contribution in [2.45, 2.75) is 43.9 Å². The van der Waals surface area contributed by atoms with Crippen molar-refractivity contribution in [2.75, 3.05) is 24.6 Å². The molecule has 0 radical (unpaired) electrons. The molecular weight excluding hydrogens is 393 g/mol. The summed E-state index contributed by atoms with van der Waals surface area (Å²) in [5, 5.41) is 2.81. The van der Waals surface area contributed by atoms with Gasteiger partial charge >= 0.3 is 6.18 Å². The first-order valence-electron chi connectivity index (χ1n) is 9.52. The minimum Gasteiger partial charge on any atom is -0.352 e. The van der Waals surface area contributed by atoms with Crippen LogP contribution < -0.4 is 5.32 Å². The second-order valence-corrected chi connectivity index (χ2v) is 9.92. The Balaban J connectivity index is 1.74. The van der Waals surface area contributed by atoms with Crippen molar-refractivity contribution in [3.8, 4) is 0 Å². The van der Waals surface area contributed by atoms with Gasteiger partial charge in [-0.2, -0.15) is 13.2 Å². The van der Waals surface area contributed by atoms with Crippen LogP contribution in [0.15, 0.2) is 30.3 Å². The van der Waals surface area contributed by atoms with E-state index in [0.717, 1.165) is 0 Å². The molecular formula is C19H25F3N2O3S. The number of alkyl halides is 3. The number of nitrogens with one attached hydrogen (secondary N) is 1. The third-order valence-electron chi connectivity index (χ3n) is 5.59. The van der Waals surface area contributed by atoms with E-state index in [1.807, 2.05) is 6.07 Å². The van der Waals surface area contributed by atoms with Gasteiger partial charge < -0.3 is 5.32 Å². The first kappa shape index (κ1) is 21.1. The summed E-state index contributed by atoms with van der Waals surface area (Å²) in [6.07, 6.45) is -3.31. The molecule has 0 aromatic heterocycles. The van der Waals surface area contributed by atoms with Crippen LogP contribution in [-0.4, -0.2) is 56.0 Å². The van der Waals surface area contributed by atoms with Crippen LogP contribution in [0, 0.1) is 5.92 Å². The molecule has 1 N–H and O–H groups in total. The van der Waals surface area contributed by atoms with E-state index >= 15 is 0 Å². The lowest BCUT2D eigenvalue weighted by atomic mass is 9.85. The Morgan fingerprint density at radius 3 is 2.36 bits per heavy atom. The maximum absolute atomic E-state index is 13.1. The van der Waals surface area contributed by atoms with Gasteiger partial charge in [0.05, 0.1) is 17.4 Å². The third kappa shape index (κ3) is 5.26. The van der Waals surface area contributed by atoms with Crippen molar-refractivity contribution in [1.82, 2.24) is 10.2 Å². The first-order chi connectivity index (χ1) is 13.2. The molecule has 9 heteroatoms. The van der Waals surface area contributed by atoms with Crippen molar-refractivity contribution in [2.24, 2.45) is 5.92 Å². The zero-order valence-corrected chi connectivity index (χ0v) is 16.3. The smallest absolute Gasteiger partial charge is 0.352 e. The molecule has 1 aliphatic carbocycles. The molecule has 0 bridgehead atoms. The van der Waals surface area contributed by atoms with Crippen LogP contribution in [0.25, 0.3) is 0 Å². The Morgan fingerprint density at radius 2 is 1.75 bits per heavy atom. The topological polar surface area (TPSA) is 66.5 Å². The number of sulfone groups is 1. The van der Waals surface area contributed by atoms with E-state index in [1.165, 1.54) is 0 Å². The maximum Gasteiger partial charge on any atom is 0.391 e. The minimum atomic E-state index is -4.25. The van der Waals surface area contributed by atoms with Gasteiger partial charge in [-0.1, -0.05) is 36.8 Å². The standard InChI is InChI=1S/C19H25F3N2O3S/c20-19(21,22)15-7-4-8-16(13-15)23-18(25)17(14-5-2-1-3-6-14)24-9-11-28(26,27)12-10-24/h1-3,5-6,15-17H,4,7-13H2,(H,23,25). The van der Waals surface area contributed by atoms with Gasteiger partial charge in [0.2, 0.25) is 5.91 Å². The number of amides is 1. The lowest BCUT2D eigenvalue weighted by Gasteiger charge is -2.36. The van der Waals surface area contributed by atoms with E-state index in [4.69, 9.17) is 0 Å². The second-order valence-electron chi connectivity index (χ2n) is 7.61. The summed E-state index contributed by atoms with van der Waals surface area (Å²) in [4.78, 5) is 14.8. The van der Waals surface area contributed by atoms with Crippen LogP contribution in [0.4, 0.5) is 13.2 Å². The summed E-state index contributed by atoms with van der Waals surface area (Å²) < 4.78 is 62.7. The molecule has 3 unspecified atom stereocenters. The van der Waals surface area contributed by atoms with Crippen LogP contribution in [-0.2, 0) is 14.6 Å². The number of nitrogens with zero attached hydrogens (tertiary/aromatic N) is 1. The van der Waals surface area contributed by atoms with Crippen molar-refractivity contribution in [3.63, 3.8) is 0 Å². The van der Waals surface area contributed by atoms with Crippen LogP contribution in [0.5, 0.6) is 0 Å². The average molecular weight is 418 g/mol. The van der Waals surface area contributed by atoms with E-state index in [2.05, 4.69) is 5.32 Å². The Kier molecular flexibility index (Phi) is 6.34. The summed E-state index contributed by atoms with van der Waals surface area (Å²) >= 11 is 0. The predicted molar refractivity (Wildman–Crippen MR) is 99.4 cm³/mol. The number of benzene rings is 1. The van der Waals surface area contributed by atoms with Crippen LogP contribution in [0.2, 0.25) is 0 Å². The SMILES string of the molecule is O=C(NC1CCCC(C(F)(F)F)C1)C(c1ccccc1)N1CCS(=O)(=O)CC1. The largest absolute Gasteiger partial charge is 0.391 e. The fraction of sp³-hybridized carbons (Fsp3) is 0.632. The molecule has 1 aromatic rings. The molecule has 1 heterocycles. The number of carbonyl (C=O) groups is 1. The van der Waals surface area contributed by atoms with Gasteiger partial charge in [-0.3, -0.25) is 9.69 Å². The molecule has 3 rings (SSSR count). The molecule has 2 fully saturated rings. The Bertz CT molecular complexity index is 769. The first-order valence-corrected chi connectivity index (χ1v) is 11.3. The highest BCUT2D eigenvalue weighted by Gasteiger charge is 2.43.